The number of carboxylic acids is 1. The average Bonchev–Trinajstić information content (AvgIpc) is 2.32. The smallest absolute Gasteiger partial charge is 0.410 e. The van der Waals surface area contributed by atoms with Crippen molar-refractivity contribution < 1.29 is 19.4 Å². The second kappa shape index (κ2) is 6.89. The molecular weight excluding hydrogens is 340 g/mol. The van der Waals surface area contributed by atoms with Gasteiger partial charge < -0.3 is 14.7 Å². The summed E-state index contributed by atoms with van der Waals surface area (Å²) in [6.07, 6.45) is 2.33. The van der Waals surface area contributed by atoms with Crippen molar-refractivity contribution >= 4 is 28.0 Å². The molecule has 0 saturated carbocycles. The van der Waals surface area contributed by atoms with E-state index in [2.05, 4.69) is 20.9 Å². The van der Waals surface area contributed by atoms with Crippen molar-refractivity contribution in [3.8, 4) is 0 Å². The molecule has 1 aromatic rings. The lowest BCUT2D eigenvalue weighted by atomic mass is 10.0. The third-order valence-corrected chi connectivity index (χ3v) is 3.06. The van der Waals surface area contributed by atoms with E-state index in [-0.39, 0.29) is 6.42 Å². The predicted octanol–water partition coefficient (Wildman–Crippen LogP) is 3.23. The molecule has 0 bridgehead atoms. The lowest BCUT2D eigenvalue weighted by Gasteiger charge is -2.30. The van der Waals surface area contributed by atoms with Crippen molar-refractivity contribution in [2.24, 2.45) is 0 Å². The Kier molecular flexibility index (Phi) is 5.71. The molecule has 6 nitrogen and oxygen atoms in total. The molecule has 7 heteroatoms. The molecule has 0 radical (unpaired) electrons. The maximum atomic E-state index is 12.1. The van der Waals surface area contributed by atoms with Crippen molar-refractivity contribution in [1.82, 2.24) is 9.88 Å². The third kappa shape index (κ3) is 5.71. The number of hydrogen-bond donors (Lipinski definition) is 1. The molecule has 1 aromatic heterocycles. The first-order chi connectivity index (χ1) is 9.60. The molecule has 0 spiro atoms. The van der Waals surface area contributed by atoms with Gasteiger partial charge in [-0.05, 0) is 48.3 Å². The summed E-state index contributed by atoms with van der Waals surface area (Å²) in [6.45, 7) is 5.27. The van der Waals surface area contributed by atoms with E-state index in [0.717, 1.165) is 0 Å². The Bertz CT molecular complexity index is 528. The highest BCUT2D eigenvalue weighted by atomic mass is 79.9. The summed E-state index contributed by atoms with van der Waals surface area (Å²) < 4.78 is 5.99. The monoisotopic (exact) mass is 358 g/mol. The molecule has 1 amide bonds. The predicted molar refractivity (Wildman–Crippen MR) is 80.9 cm³/mol. The standard InChI is InChI=1S/C14H19BrN2O4/c1-14(2,3)21-13(20)17(4)11(6-12(18)19)9-5-10(15)8-16-7-9/h5,7-8,11H,6H2,1-4H3,(H,18,19)/t11-/m1/s1. The fourth-order valence-corrected chi connectivity index (χ4v) is 2.10. The summed E-state index contributed by atoms with van der Waals surface area (Å²) in [4.78, 5) is 28.5. The van der Waals surface area contributed by atoms with Gasteiger partial charge in [-0.2, -0.15) is 0 Å². The molecule has 1 atom stereocenters. The van der Waals surface area contributed by atoms with Crippen molar-refractivity contribution in [2.45, 2.75) is 38.8 Å². The van der Waals surface area contributed by atoms with Gasteiger partial charge in [0.1, 0.15) is 5.60 Å². The van der Waals surface area contributed by atoms with Crippen molar-refractivity contribution in [2.75, 3.05) is 7.05 Å². The van der Waals surface area contributed by atoms with Crippen LogP contribution in [0, 0.1) is 0 Å². The van der Waals surface area contributed by atoms with Crippen LogP contribution < -0.4 is 0 Å². The van der Waals surface area contributed by atoms with E-state index in [1.807, 2.05) is 0 Å². The number of aromatic nitrogens is 1. The maximum absolute atomic E-state index is 12.1. The highest BCUT2D eigenvalue weighted by Crippen LogP contribution is 2.26. The van der Waals surface area contributed by atoms with Crippen LogP contribution in [0.3, 0.4) is 0 Å². The van der Waals surface area contributed by atoms with E-state index in [9.17, 15) is 9.59 Å². The number of nitrogens with zero attached hydrogens (tertiary/aromatic N) is 2. The minimum atomic E-state index is -1.00. The maximum Gasteiger partial charge on any atom is 0.410 e. The van der Waals surface area contributed by atoms with Crippen LogP contribution in [0.2, 0.25) is 0 Å². The zero-order valence-corrected chi connectivity index (χ0v) is 14.0. The van der Waals surface area contributed by atoms with Gasteiger partial charge in [0.15, 0.2) is 0 Å². The Hall–Kier alpha value is -1.63. The van der Waals surface area contributed by atoms with Crippen LogP contribution in [0.25, 0.3) is 0 Å². The Morgan fingerprint density at radius 2 is 2.05 bits per heavy atom. The summed E-state index contributed by atoms with van der Waals surface area (Å²) in [5, 5.41) is 9.07. The number of rotatable bonds is 4. The van der Waals surface area contributed by atoms with Crippen LogP contribution in [-0.2, 0) is 9.53 Å². The zero-order chi connectivity index (χ0) is 16.2. The number of carboxylic acid groups (broad SMARTS) is 1. The van der Waals surface area contributed by atoms with Crippen LogP contribution >= 0.6 is 15.9 Å². The van der Waals surface area contributed by atoms with Crippen molar-refractivity contribution in [3.63, 3.8) is 0 Å². The third-order valence-electron chi connectivity index (χ3n) is 2.63. The van der Waals surface area contributed by atoms with Crippen LogP contribution in [0.5, 0.6) is 0 Å². The van der Waals surface area contributed by atoms with E-state index in [1.165, 1.54) is 11.9 Å². The molecule has 0 fully saturated rings. The number of amides is 1. The first kappa shape index (κ1) is 17.4. The lowest BCUT2D eigenvalue weighted by Crippen LogP contribution is -2.37. The molecule has 0 aliphatic heterocycles. The summed E-state index contributed by atoms with van der Waals surface area (Å²) in [5.74, 6) is -1.00. The van der Waals surface area contributed by atoms with Gasteiger partial charge >= 0.3 is 12.1 Å². The van der Waals surface area contributed by atoms with Gasteiger partial charge in [0.2, 0.25) is 0 Å². The molecule has 1 heterocycles. The van der Waals surface area contributed by atoms with Gasteiger partial charge in [-0.15, -0.1) is 0 Å². The fourth-order valence-electron chi connectivity index (χ4n) is 1.72. The molecule has 0 aromatic carbocycles. The molecule has 21 heavy (non-hydrogen) atoms. The summed E-state index contributed by atoms with van der Waals surface area (Å²) >= 11 is 3.29. The number of halogens is 1. The van der Waals surface area contributed by atoms with Gasteiger partial charge in [0.25, 0.3) is 0 Å². The molecule has 0 saturated heterocycles. The van der Waals surface area contributed by atoms with Gasteiger partial charge in [0, 0.05) is 23.9 Å². The number of aliphatic carboxylic acids is 1. The van der Waals surface area contributed by atoms with Crippen LogP contribution in [0.1, 0.15) is 38.8 Å². The van der Waals surface area contributed by atoms with Crippen LogP contribution in [0.4, 0.5) is 4.79 Å². The zero-order valence-electron chi connectivity index (χ0n) is 12.5. The van der Waals surface area contributed by atoms with Gasteiger partial charge in [-0.1, -0.05) is 0 Å². The van der Waals surface area contributed by atoms with Crippen LogP contribution in [-0.4, -0.2) is 39.7 Å². The number of ether oxygens (including phenoxy) is 1. The van der Waals surface area contributed by atoms with Gasteiger partial charge in [-0.25, -0.2) is 4.79 Å². The largest absolute Gasteiger partial charge is 0.481 e. The Morgan fingerprint density at radius 3 is 2.52 bits per heavy atom. The number of carbonyl (C=O) groups excluding carboxylic acids is 1. The second-order valence-corrected chi connectivity index (χ2v) is 6.56. The molecule has 0 aliphatic carbocycles. The Labute approximate surface area is 132 Å². The normalized spacial score (nSPS) is 12.6. The van der Waals surface area contributed by atoms with E-state index < -0.39 is 23.7 Å². The van der Waals surface area contributed by atoms with E-state index in [0.29, 0.717) is 10.0 Å². The fraction of sp³-hybridized carbons (Fsp3) is 0.500. The van der Waals surface area contributed by atoms with Gasteiger partial charge in [-0.3, -0.25) is 9.78 Å². The quantitative estimate of drug-likeness (QED) is 0.893. The first-order valence-corrected chi connectivity index (χ1v) is 7.17. The summed E-state index contributed by atoms with van der Waals surface area (Å²) in [6, 6.07) is 1.09. The second-order valence-electron chi connectivity index (χ2n) is 5.64. The lowest BCUT2D eigenvalue weighted by molar-refractivity contribution is -0.138. The number of pyridine rings is 1. The topological polar surface area (TPSA) is 79.7 Å². The molecule has 1 rings (SSSR count). The highest BCUT2D eigenvalue weighted by Gasteiger charge is 2.28. The number of hydrogen-bond acceptors (Lipinski definition) is 4. The van der Waals surface area contributed by atoms with E-state index in [4.69, 9.17) is 9.84 Å². The SMILES string of the molecule is CN(C(=O)OC(C)(C)C)[C@H](CC(=O)O)c1cncc(Br)c1. The summed E-state index contributed by atoms with van der Waals surface area (Å²) in [7, 11) is 1.52. The molecule has 1 N–H and O–H groups in total. The van der Waals surface area contributed by atoms with Gasteiger partial charge in [0.05, 0.1) is 12.5 Å². The number of carbonyl (C=O) groups is 2. The summed E-state index contributed by atoms with van der Waals surface area (Å²) in [5.41, 5.74) is -0.0191. The molecule has 116 valence electrons. The minimum absolute atomic E-state index is 0.228. The molecule has 0 unspecified atom stereocenters. The van der Waals surface area contributed by atoms with Crippen molar-refractivity contribution in [1.29, 1.82) is 0 Å². The Balaban J connectivity index is 3.02. The van der Waals surface area contributed by atoms with E-state index >= 15 is 0 Å². The average molecular weight is 359 g/mol. The van der Waals surface area contributed by atoms with Crippen LogP contribution in [0.15, 0.2) is 22.9 Å². The molecule has 0 aliphatic rings. The minimum Gasteiger partial charge on any atom is -0.481 e. The first-order valence-electron chi connectivity index (χ1n) is 6.38. The van der Waals surface area contributed by atoms with Crippen molar-refractivity contribution in [3.05, 3.63) is 28.5 Å². The highest BCUT2D eigenvalue weighted by molar-refractivity contribution is 9.10. The van der Waals surface area contributed by atoms with E-state index in [1.54, 1.807) is 39.2 Å². The molecular formula is C14H19BrN2O4. The Morgan fingerprint density at radius 1 is 1.43 bits per heavy atom.